The van der Waals surface area contributed by atoms with Crippen molar-refractivity contribution >= 4 is 17.5 Å². The lowest BCUT2D eigenvalue weighted by Crippen LogP contribution is -2.06. The molecule has 1 heterocycles. The van der Waals surface area contributed by atoms with Crippen molar-refractivity contribution in [1.82, 2.24) is 20.2 Å². The van der Waals surface area contributed by atoms with E-state index in [-0.39, 0.29) is 22.8 Å². The average Bonchev–Trinajstić information content (AvgIpc) is 3.02. The first-order valence-corrected chi connectivity index (χ1v) is 7.62. The Kier molecular flexibility index (Phi) is 4.33. The lowest BCUT2D eigenvalue weighted by Gasteiger charge is -2.04. The van der Waals surface area contributed by atoms with Gasteiger partial charge in [-0.2, -0.15) is 4.68 Å². The van der Waals surface area contributed by atoms with Crippen LogP contribution in [0.15, 0.2) is 53.7 Å². The van der Waals surface area contributed by atoms with E-state index >= 15 is 0 Å². The first-order chi connectivity index (χ1) is 11.1. The van der Waals surface area contributed by atoms with Crippen molar-refractivity contribution in [2.45, 2.75) is 5.16 Å². The van der Waals surface area contributed by atoms with Gasteiger partial charge in [0.1, 0.15) is 11.6 Å². The van der Waals surface area contributed by atoms with Crippen LogP contribution in [0.4, 0.5) is 4.39 Å². The Hall–Kier alpha value is -2.74. The fraction of sp³-hybridized carbons (Fsp3) is 0.0667. The van der Waals surface area contributed by atoms with E-state index in [1.165, 1.54) is 35.0 Å². The quantitative estimate of drug-likeness (QED) is 0.572. The Bertz CT molecular complexity index is 836. The third-order valence-corrected chi connectivity index (χ3v) is 3.96. The van der Waals surface area contributed by atoms with Gasteiger partial charge in [0.05, 0.1) is 17.0 Å². The van der Waals surface area contributed by atoms with E-state index in [2.05, 4.69) is 15.5 Å². The molecule has 0 spiro atoms. The fourth-order valence-corrected chi connectivity index (χ4v) is 2.69. The molecule has 6 nitrogen and oxygen atoms in total. The van der Waals surface area contributed by atoms with E-state index in [9.17, 15) is 14.3 Å². The van der Waals surface area contributed by atoms with Crippen molar-refractivity contribution in [3.05, 3.63) is 59.9 Å². The number of phenolic OH excluding ortho intramolecular Hbond substituents is 1. The number of aromatic hydroxyl groups is 1. The number of halogens is 1. The SMILES string of the molecule is O=C(CSc1nnnn1-c1ccc(O)cc1)c1ccccc1F. The molecule has 0 aliphatic carbocycles. The largest absolute Gasteiger partial charge is 0.508 e. The highest BCUT2D eigenvalue weighted by atomic mass is 32.2. The highest BCUT2D eigenvalue weighted by molar-refractivity contribution is 7.99. The summed E-state index contributed by atoms with van der Waals surface area (Å²) in [4.78, 5) is 12.1. The molecule has 3 rings (SSSR count). The molecule has 8 heteroatoms. The number of hydrogen-bond acceptors (Lipinski definition) is 6. The van der Waals surface area contributed by atoms with Crippen LogP contribution in [0.25, 0.3) is 5.69 Å². The molecule has 0 amide bonds. The van der Waals surface area contributed by atoms with Crippen molar-refractivity contribution in [2.75, 3.05) is 5.75 Å². The van der Waals surface area contributed by atoms with Gasteiger partial charge in [0.15, 0.2) is 5.78 Å². The Morgan fingerprint density at radius 3 is 2.65 bits per heavy atom. The summed E-state index contributed by atoms with van der Waals surface area (Å²) in [5.41, 5.74) is 0.692. The Morgan fingerprint density at radius 2 is 1.91 bits per heavy atom. The molecule has 0 saturated carbocycles. The summed E-state index contributed by atoms with van der Waals surface area (Å²) in [5, 5.41) is 21.0. The van der Waals surface area contributed by atoms with E-state index in [0.29, 0.717) is 10.8 Å². The first kappa shape index (κ1) is 15.2. The van der Waals surface area contributed by atoms with Crippen LogP contribution in [0, 0.1) is 5.82 Å². The molecule has 0 bridgehead atoms. The number of aromatic nitrogens is 4. The van der Waals surface area contributed by atoms with Crippen molar-refractivity contribution < 1.29 is 14.3 Å². The molecule has 0 aliphatic rings. The van der Waals surface area contributed by atoms with Gasteiger partial charge in [-0.15, -0.1) is 5.10 Å². The average molecular weight is 330 g/mol. The third kappa shape index (κ3) is 3.37. The molecule has 0 atom stereocenters. The number of Topliss-reactive ketones (excluding diaryl/α,β-unsaturated/α-hetero) is 1. The lowest BCUT2D eigenvalue weighted by atomic mass is 10.1. The number of benzene rings is 2. The number of rotatable bonds is 5. The van der Waals surface area contributed by atoms with Crippen LogP contribution >= 0.6 is 11.8 Å². The molecule has 0 aliphatic heterocycles. The summed E-state index contributed by atoms with van der Waals surface area (Å²) in [6.45, 7) is 0. The molecular formula is C15H11FN4O2S. The molecule has 23 heavy (non-hydrogen) atoms. The predicted molar refractivity (Wildman–Crippen MR) is 82.3 cm³/mol. The fourth-order valence-electron chi connectivity index (χ4n) is 1.92. The number of thioether (sulfide) groups is 1. The summed E-state index contributed by atoms with van der Waals surface area (Å²) in [6, 6.07) is 12.2. The Balaban J connectivity index is 1.75. The Morgan fingerprint density at radius 1 is 1.17 bits per heavy atom. The molecule has 0 radical (unpaired) electrons. The standard InChI is InChI=1S/C15H11FN4O2S/c16-13-4-2-1-3-12(13)14(22)9-23-15-17-18-19-20(15)10-5-7-11(21)8-6-10/h1-8,21H,9H2. The van der Waals surface area contributed by atoms with Crippen molar-refractivity contribution in [3.63, 3.8) is 0 Å². The number of tetrazole rings is 1. The first-order valence-electron chi connectivity index (χ1n) is 6.63. The smallest absolute Gasteiger partial charge is 0.214 e. The maximum atomic E-state index is 13.6. The van der Waals surface area contributed by atoms with Gasteiger partial charge in [-0.25, -0.2) is 4.39 Å². The van der Waals surface area contributed by atoms with E-state index in [1.807, 2.05) is 0 Å². The van der Waals surface area contributed by atoms with E-state index in [4.69, 9.17) is 0 Å². The van der Waals surface area contributed by atoms with Gasteiger partial charge in [0.2, 0.25) is 5.16 Å². The van der Waals surface area contributed by atoms with Crippen LogP contribution in [0.2, 0.25) is 0 Å². The van der Waals surface area contributed by atoms with Crippen molar-refractivity contribution in [3.8, 4) is 11.4 Å². The molecule has 2 aromatic carbocycles. The van der Waals surface area contributed by atoms with Gasteiger partial charge < -0.3 is 5.11 Å². The maximum Gasteiger partial charge on any atom is 0.214 e. The van der Waals surface area contributed by atoms with Gasteiger partial charge in [-0.05, 0) is 46.8 Å². The van der Waals surface area contributed by atoms with E-state index in [1.54, 1.807) is 18.2 Å². The highest BCUT2D eigenvalue weighted by Gasteiger charge is 2.15. The lowest BCUT2D eigenvalue weighted by molar-refractivity contribution is 0.101. The second-order valence-corrected chi connectivity index (χ2v) is 5.52. The third-order valence-electron chi connectivity index (χ3n) is 3.04. The van der Waals surface area contributed by atoms with E-state index in [0.717, 1.165) is 11.8 Å². The minimum Gasteiger partial charge on any atom is -0.508 e. The minimum atomic E-state index is -0.545. The summed E-state index contributed by atoms with van der Waals surface area (Å²) in [6.07, 6.45) is 0. The van der Waals surface area contributed by atoms with Gasteiger partial charge >= 0.3 is 0 Å². The zero-order valence-corrected chi connectivity index (χ0v) is 12.6. The summed E-state index contributed by atoms with van der Waals surface area (Å²) in [5.74, 6) is -0.741. The summed E-state index contributed by atoms with van der Waals surface area (Å²) >= 11 is 1.11. The van der Waals surface area contributed by atoms with Crippen LogP contribution in [0.1, 0.15) is 10.4 Å². The van der Waals surface area contributed by atoms with Gasteiger partial charge in [-0.3, -0.25) is 4.79 Å². The summed E-state index contributed by atoms with van der Waals surface area (Å²) in [7, 11) is 0. The zero-order valence-electron chi connectivity index (χ0n) is 11.8. The van der Waals surface area contributed by atoms with Crippen molar-refractivity contribution in [2.24, 2.45) is 0 Å². The van der Waals surface area contributed by atoms with Crippen LogP contribution in [-0.4, -0.2) is 36.8 Å². The predicted octanol–water partition coefficient (Wildman–Crippen LogP) is 2.48. The molecular weight excluding hydrogens is 319 g/mol. The van der Waals surface area contributed by atoms with Crippen molar-refractivity contribution in [1.29, 1.82) is 0 Å². The van der Waals surface area contributed by atoms with Gasteiger partial charge in [-0.1, -0.05) is 23.9 Å². The molecule has 116 valence electrons. The van der Waals surface area contributed by atoms with Crippen LogP contribution in [0.5, 0.6) is 5.75 Å². The molecule has 0 saturated heterocycles. The maximum absolute atomic E-state index is 13.6. The highest BCUT2D eigenvalue weighted by Crippen LogP contribution is 2.21. The Labute approximate surface area is 135 Å². The number of carbonyl (C=O) groups is 1. The normalized spacial score (nSPS) is 10.7. The zero-order chi connectivity index (χ0) is 16.2. The number of carbonyl (C=O) groups excluding carboxylic acids is 1. The molecule has 1 aromatic heterocycles. The number of phenols is 1. The van der Waals surface area contributed by atoms with Crippen LogP contribution < -0.4 is 0 Å². The number of nitrogens with zero attached hydrogens (tertiary/aromatic N) is 4. The van der Waals surface area contributed by atoms with E-state index < -0.39 is 5.82 Å². The van der Waals surface area contributed by atoms with Gasteiger partial charge in [0.25, 0.3) is 0 Å². The second kappa shape index (κ2) is 6.57. The molecule has 1 N–H and O–H groups in total. The van der Waals surface area contributed by atoms with Gasteiger partial charge in [0, 0.05) is 0 Å². The second-order valence-electron chi connectivity index (χ2n) is 4.58. The molecule has 3 aromatic rings. The topological polar surface area (TPSA) is 80.9 Å². The summed E-state index contributed by atoms with van der Waals surface area (Å²) < 4.78 is 15.0. The number of hydrogen-bond donors (Lipinski definition) is 1. The monoisotopic (exact) mass is 330 g/mol. The molecule has 0 fully saturated rings. The van der Waals surface area contributed by atoms with Crippen LogP contribution in [0.3, 0.4) is 0 Å². The molecule has 0 unspecified atom stereocenters. The number of ketones is 1. The minimum absolute atomic E-state index is 0.0133. The van der Waals surface area contributed by atoms with Crippen LogP contribution in [-0.2, 0) is 0 Å².